The van der Waals surface area contributed by atoms with Crippen molar-refractivity contribution in [1.29, 1.82) is 0 Å². The molecule has 0 saturated heterocycles. The van der Waals surface area contributed by atoms with E-state index in [-0.39, 0.29) is 5.91 Å². The van der Waals surface area contributed by atoms with Gasteiger partial charge in [0.05, 0.1) is 35.1 Å². The van der Waals surface area contributed by atoms with Crippen molar-refractivity contribution in [3.8, 4) is 0 Å². The first-order chi connectivity index (χ1) is 21.9. The Labute approximate surface area is 282 Å². The molecular weight excluding hydrogens is 664 g/mol. The van der Waals surface area contributed by atoms with Gasteiger partial charge in [0, 0.05) is 48.2 Å². The first-order valence-corrected chi connectivity index (χ1v) is 19.5. The van der Waals surface area contributed by atoms with Gasteiger partial charge in [0.1, 0.15) is 0 Å². The van der Waals surface area contributed by atoms with E-state index in [0.717, 1.165) is 61.2 Å². The summed E-state index contributed by atoms with van der Waals surface area (Å²) in [5, 5.41) is 7.73. The summed E-state index contributed by atoms with van der Waals surface area (Å²) in [4.78, 5) is 28.2. The van der Waals surface area contributed by atoms with E-state index in [0.29, 0.717) is 21.3 Å². The molecule has 0 fully saturated rings. The Morgan fingerprint density at radius 1 is 0.723 bits per heavy atom. The summed E-state index contributed by atoms with van der Waals surface area (Å²) < 4.78 is 42.4. The second kappa shape index (κ2) is 17.2. The fourth-order valence-corrected chi connectivity index (χ4v) is 5.22. The molecule has 4 rings (SSSR count). The van der Waals surface area contributed by atoms with Crippen LogP contribution in [-0.2, 0) is 28.7 Å². The average Bonchev–Trinajstić information content (AvgIpc) is 3.47. The molecule has 0 saturated carbocycles. The van der Waals surface area contributed by atoms with Gasteiger partial charge in [-0.25, -0.2) is 22.3 Å². The summed E-state index contributed by atoms with van der Waals surface area (Å²) in [6.07, 6.45) is 5.42. The molecule has 0 spiro atoms. The molecule has 2 amide bonds. The molecule has 2 aromatic rings. The van der Waals surface area contributed by atoms with Gasteiger partial charge in [-0.2, -0.15) is 10.2 Å². The van der Waals surface area contributed by atoms with Crippen LogP contribution in [0.2, 0.25) is 0 Å². The molecule has 256 valence electrons. The number of nitrogens with one attached hydrogen (secondary N) is 1. The maximum absolute atomic E-state index is 12.2. The molecule has 0 aromatic heterocycles. The van der Waals surface area contributed by atoms with Crippen molar-refractivity contribution >= 4 is 76.5 Å². The summed E-state index contributed by atoms with van der Waals surface area (Å²) >= 11 is 0. The number of benzene rings is 2. The summed E-state index contributed by atoms with van der Waals surface area (Å²) in [5.74, 6) is -0.747. The van der Waals surface area contributed by atoms with E-state index in [1.54, 1.807) is 13.0 Å². The fourth-order valence-electron chi connectivity index (χ4n) is 4.55. The molecule has 0 atom stereocenters. The van der Waals surface area contributed by atoms with Crippen LogP contribution in [0.5, 0.6) is 0 Å². The van der Waals surface area contributed by atoms with E-state index < -0.39 is 25.0 Å². The number of halogens is 1. The van der Waals surface area contributed by atoms with Crippen molar-refractivity contribution in [2.75, 3.05) is 48.5 Å². The quantitative estimate of drug-likeness (QED) is 0.292. The van der Waals surface area contributed by atoms with Crippen LogP contribution < -0.4 is 15.2 Å². The van der Waals surface area contributed by atoms with Crippen LogP contribution in [-0.4, -0.2) is 83.2 Å². The Balaban J connectivity index is 0.000000290. The van der Waals surface area contributed by atoms with Crippen LogP contribution >= 0.6 is 10.7 Å². The normalized spacial score (nSPS) is 16.1. The number of amides is 2. The molecule has 47 heavy (non-hydrogen) atoms. The molecule has 0 aliphatic carbocycles. The van der Waals surface area contributed by atoms with Crippen molar-refractivity contribution in [2.24, 2.45) is 10.2 Å². The number of carbonyl (C=O) groups excluding carboxylic acids is 2. The third-order valence-corrected chi connectivity index (χ3v) is 7.85. The Morgan fingerprint density at radius 3 is 1.40 bits per heavy atom. The van der Waals surface area contributed by atoms with Crippen molar-refractivity contribution in [3.63, 3.8) is 0 Å². The molecule has 2 heterocycles. The van der Waals surface area contributed by atoms with Gasteiger partial charge in [-0.3, -0.25) is 9.59 Å². The minimum atomic E-state index is -3.69. The molecule has 12 nitrogen and oxygen atoms in total. The second-order valence-corrected chi connectivity index (χ2v) is 15.3. The highest BCUT2D eigenvalue weighted by atomic mass is 35.7. The van der Waals surface area contributed by atoms with Gasteiger partial charge in [-0.05, 0) is 89.1 Å². The Morgan fingerprint density at radius 2 is 1.11 bits per heavy atom. The summed E-state index contributed by atoms with van der Waals surface area (Å²) in [7, 11) is -2.38. The maximum Gasteiger partial charge on any atom is 0.290 e. The number of hydrazone groups is 2. The largest absolute Gasteiger partial charge is 0.372 e. The lowest BCUT2D eigenvalue weighted by molar-refractivity contribution is -0.121. The third kappa shape index (κ3) is 11.9. The number of hydrogen-bond donors (Lipinski definition) is 1. The highest BCUT2D eigenvalue weighted by Crippen LogP contribution is 2.22. The highest BCUT2D eigenvalue weighted by Gasteiger charge is 2.33. The zero-order chi connectivity index (χ0) is 35.5. The van der Waals surface area contributed by atoms with Crippen LogP contribution in [0.15, 0.2) is 69.9 Å². The third-order valence-electron chi connectivity index (χ3n) is 6.97. The first-order valence-electron chi connectivity index (χ1n) is 14.9. The summed E-state index contributed by atoms with van der Waals surface area (Å²) in [5.41, 5.74) is 8.67. The van der Waals surface area contributed by atoms with E-state index >= 15 is 0 Å². The Bertz CT molecular complexity index is 1750. The molecular formula is C32H43ClN6O6S2. The van der Waals surface area contributed by atoms with Gasteiger partial charge in [-0.1, -0.05) is 24.3 Å². The first kappa shape index (κ1) is 39.2. The number of hydrogen-bond acceptors (Lipinski definition) is 10. The highest BCUT2D eigenvalue weighted by molar-refractivity contribution is 8.13. The molecule has 2 aliphatic rings. The minimum Gasteiger partial charge on any atom is -0.372 e. The maximum atomic E-state index is 12.2. The zero-order valence-corrected chi connectivity index (χ0v) is 30.4. The van der Waals surface area contributed by atoms with Gasteiger partial charge < -0.3 is 9.80 Å². The molecule has 15 heteroatoms. The number of anilines is 2. The summed E-state index contributed by atoms with van der Waals surface area (Å²) in [6, 6.07) is 16.0. The SMILES string of the molecule is CCN(CC)c1ccc(/C=C2\C(=O)N(S(C)(=O)=O)N=C2C)cc1.CCN(CC)c1ccc(/C=C2\C(=O)NN=C2C)cc1.CS(=O)(=O)Cl. The second-order valence-electron chi connectivity index (χ2n) is 10.5. The zero-order valence-electron chi connectivity index (χ0n) is 28.0. The smallest absolute Gasteiger partial charge is 0.290 e. The van der Waals surface area contributed by atoms with Crippen LogP contribution in [0.25, 0.3) is 12.2 Å². The molecule has 0 unspecified atom stereocenters. The predicted octanol–water partition coefficient (Wildman–Crippen LogP) is 4.70. The van der Waals surface area contributed by atoms with E-state index in [2.05, 4.69) is 75.9 Å². The molecule has 0 bridgehead atoms. The van der Waals surface area contributed by atoms with Crippen molar-refractivity contribution in [1.82, 2.24) is 9.84 Å². The van der Waals surface area contributed by atoms with Gasteiger partial charge in [0.15, 0.2) is 0 Å². The standard InChI is InChI=1S/C16H21N3O3S.C15H19N3O.CH3ClO2S/c1-5-18(6-2)14-9-7-13(8-10-14)11-15-12(3)17-19(16(15)20)23(4,21)22;1-4-18(5-2)13-8-6-12(7-9-13)10-14-11(3)16-17-15(14)19;1-5(2,3)4/h7-11H,5-6H2,1-4H3;6-10H,4-5H2,1-3H3,(H,17,19);1H3/b15-11-;14-10-;. The molecule has 2 aliphatic heterocycles. The van der Waals surface area contributed by atoms with Crippen molar-refractivity contribution in [2.45, 2.75) is 41.5 Å². The number of sulfonamides is 1. The van der Waals surface area contributed by atoms with Gasteiger partial charge >= 0.3 is 0 Å². The minimum absolute atomic E-state index is 0.134. The van der Waals surface area contributed by atoms with E-state index in [4.69, 9.17) is 0 Å². The molecule has 1 N–H and O–H groups in total. The van der Waals surface area contributed by atoms with Crippen LogP contribution in [0.4, 0.5) is 11.4 Å². The van der Waals surface area contributed by atoms with Crippen LogP contribution in [0, 0.1) is 0 Å². The lowest BCUT2D eigenvalue weighted by Gasteiger charge is -2.20. The van der Waals surface area contributed by atoms with E-state index in [9.17, 15) is 26.4 Å². The fraction of sp³-hybridized carbons (Fsp3) is 0.375. The Hall–Kier alpha value is -4.01. The van der Waals surface area contributed by atoms with Crippen molar-refractivity contribution in [3.05, 3.63) is 70.8 Å². The predicted molar refractivity (Wildman–Crippen MR) is 193 cm³/mol. The number of rotatable bonds is 9. The van der Waals surface area contributed by atoms with Gasteiger partial charge in [-0.15, -0.1) is 4.41 Å². The van der Waals surface area contributed by atoms with Crippen LogP contribution in [0.1, 0.15) is 52.7 Å². The lowest BCUT2D eigenvalue weighted by atomic mass is 10.1. The topological polar surface area (TPSA) is 149 Å². The molecule has 0 radical (unpaired) electrons. The lowest BCUT2D eigenvalue weighted by Crippen LogP contribution is -2.28. The average molecular weight is 707 g/mol. The monoisotopic (exact) mass is 706 g/mol. The van der Waals surface area contributed by atoms with Crippen LogP contribution in [0.3, 0.4) is 0 Å². The number of nitrogens with zero attached hydrogens (tertiary/aromatic N) is 5. The van der Waals surface area contributed by atoms with E-state index in [1.807, 2.05) is 49.4 Å². The van der Waals surface area contributed by atoms with E-state index in [1.165, 1.54) is 5.69 Å². The van der Waals surface area contributed by atoms with Gasteiger partial charge in [0.25, 0.3) is 21.8 Å². The molecule has 2 aromatic carbocycles. The number of carbonyl (C=O) groups is 2. The van der Waals surface area contributed by atoms with Gasteiger partial charge in [0.2, 0.25) is 9.05 Å². The van der Waals surface area contributed by atoms with Crippen molar-refractivity contribution < 1.29 is 26.4 Å². The Kier molecular flexibility index (Phi) is 14.4. The summed E-state index contributed by atoms with van der Waals surface area (Å²) in [6.45, 7) is 15.7.